The molecule has 4 nitrogen and oxygen atoms in total. The molecule has 0 spiro atoms. The Labute approximate surface area is 133 Å². The first-order chi connectivity index (χ1) is 8.67. The number of furan rings is 1. The van der Waals surface area contributed by atoms with Crippen LogP contribution in [0, 0.1) is 13.8 Å². The van der Waals surface area contributed by atoms with E-state index in [4.69, 9.17) is 4.42 Å². The van der Waals surface area contributed by atoms with Gasteiger partial charge in [0, 0.05) is 25.7 Å². The number of rotatable bonds is 6. The fraction of sp³-hybridized carbons (Fsp3) is 0.643. The molecule has 1 aromatic rings. The van der Waals surface area contributed by atoms with Crippen LogP contribution in [0.25, 0.3) is 0 Å². The maximum atomic E-state index is 5.49. The lowest BCUT2D eigenvalue weighted by Crippen LogP contribution is -2.37. The van der Waals surface area contributed by atoms with Crippen LogP contribution in [0.5, 0.6) is 0 Å². The van der Waals surface area contributed by atoms with Crippen molar-refractivity contribution in [2.45, 2.75) is 46.6 Å². The first-order valence-electron chi connectivity index (χ1n) is 6.67. The van der Waals surface area contributed by atoms with Crippen molar-refractivity contribution in [2.24, 2.45) is 4.99 Å². The quantitative estimate of drug-likeness (QED) is 0.345. The Morgan fingerprint density at radius 1 is 1.26 bits per heavy atom. The lowest BCUT2D eigenvalue weighted by molar-refractivity contribution is 0.500. The Bertz CT molecular complexity index is 388. The molecule has 0 radical (unpaired) electrons. The summed E-state index contributed by atoms with van der Waals surface area (Å²) in [6.45, 7) is 7.88. The molecule has 0 amide bonds. The number of aliphatic imine (C=N–C) groups is 1. The summed E-state index contributed by atoms with van der Waals surface area (Å²) in [5.41, 5.74) is 1.18. The molecule has 1 rings (SSSR count). The highest BCUT2D eigenvalue weighted by Gasteiger charge is 2.05. The van der Waals surface area contributed by atoms with Crippen LogP contribution in [0.15, 0.2) is 15.5 Å². The normalized spacial score (nSPS) is 11.1. The fourth-order valence-electron chi connectivity index (χ4n) is 1.84. The molecule has 0 atom stereocenters. The van der Waals surface area contributed by atoms with Crippen molar-refractivity contribution in [2.75, 3.05) is 13.6 Å². The highest BCUT2D eigenvalue weighted by molar-refractivity contribution is 14.0. The highest BCUT2D eigenvalue weighted by atomic mass is 127. The van der Waals surface area contributed by atoms with Gasteiger partial charge in [-0.1, -0.05) is 19.8 Å². The van der Waals surface area contributed by atoms with Crippen molar-refractivity contribution in [3.05, 3.63) is 23.2 Å². The van der Waals surface area contributed by atoms with E-state index >= 15 is 0 Å². The lowest BCUT2D eigenvalue weighted by Gasteiger charge is -2.11. The number of nitrogens with one attached hydrogen (secondary N) is 2. The van der Waals surface area contributed by atoms with Gasteiger partial charge in [-0.15, -0.1) is 24.0 Å². The molecule has 0 aliphatic carbocycles. The Morgan fingerprint density at radius 2 is 2.00 bits per heavy atom. The topological polar surface area (TPSA) is 49.6 Å². The third kappa shape index (κ3) is 6.84. The largest absolute Gasteiger partial charge is 0.466 e. The number of guanidine groups is 1. The van der Waals surface area contributed by atoms with Crippen molar-refractivity contribution in [3.63, 3.8) is 0 Å². The molecule has 1 heterocycles. The zero-order valence-electron chi connectivity index (χ0n) is 12.4. The molecule has 19 heavy (non-hydrogen) atoms. The van der Waals surface area contributed by atoms with Crippen molar-refractivity contribution in [1.82, 2.24) is 10.6 Å². The van der Waals surface area contributed by atoms with Crippen LogP contribution in [0.4, 0.5) is 0 Å². The van der Waals surface area contributed by atoms with E-state index in [1.54, 1.807) is 7.05 Å². The third-order valence-corrected chi connectivity index (χ3v) is 2.89. The van der Waals surface area contributed by atoms with Crippen LogP contribution < -0.4 is 10.6 Å². The Kier molecular flexibility index (Phi) is 9.73. The summed E-state index contributed by atoms with van der Waals surface area (Å²) in [5.74, 6) is 2.78. The van der Waals surface area contributed by atoms with Gasteiger partial charge < -0.3 is 15.1 Å². The first kappa shape index (κ1) is 18.3. The van der Waals surface area contributed by atoms with Crippen LogP contribution in [-0.4, -0.2) is 19.6 Å². The van der Waals surface area contributed by atoms with Crippen molar-refractivity contribution in [1.29, 1.82) is 0 Å². The Balaban J connectivity index is 0.00000324. The zero-order chi connectivity index (χ0) is 13.4. The summed E-state index contributed by atoms with van der Waals surface area (Å²) in [6.07, 6.45) is 3.67. The molecular formula is C14H26IN3O. The van der Waals surface area contributed by atoms with E-state index in [-0.39, 0.29) is 24.0 Å². The minimum atomic E-state index is 0. The first-order valence-corrected chi connectivity index (χ1v) is 6.67. The smallest absolute Gasteiger partial charge is 0.191 e. The summed E-state index contributed by atoms with van der Waals surface area (Å²) in [6, 6.07) is 2.06. The number of aryl methyl sites for hydroxylation is 2. The average Bonchev–Trinajstić information content (AvgIpc) is 2.67. The van der Waals surface area contributed by atoms with Crippen LogP contribution in [-0.2, 0) is 6.54 Å². The van der Waals surface area contributed by atoms with Crippen molar-refractivity contribution < 1.29 is 4.42 Å². The minimum absolute atomic E-state index is 0. The number of unbranched alkanes of at least 4 members (excludes halogenated alkanes) is 2. The monoisotopic (exact) mass is 379 g/mol. The molecule has 0 saturated carbocycles. The second-order valence-electron chi connectivity index (χ2n) is 4.50. The molecule has 0 aliphatic rings. The van der Waals surface area contributed by atoms with Gasteiger partial charge in [-0.05, 0) is 26.3 Å². The SMILES string of the molecule is CCCCCNC(=NC)NCc1cc(C)oc1C.I. The van der Waals surface area contributed by atoms with Crippen molar-refractivity contribution >= 4 is 29.9 Å². The van der Waals surface area contributed by atoms with Gasteiger partial charge in [-0.2, -0.15) is 0 Å². The second kappa shape index (κ2) is 10.1. The summed E-state index contributed by atoms with van der Waals surface area (Å²) in [7, 11) is 1.79. The lowest BCUT2D eigenvalue weighted by atomic mass is 10.2. The fourth-order valence-corrected chi connectivity index (χ4v) is 1.84. The van der Waals surface area contributed by atoms with Gasteiger partial charge in [-0.25, -0.2) is 0 Å². The van der Waals surface area contributed by atoms with Gasteiger partial charge in [-0.3, -0.25) is 4.99 Å². The Morgan fingerprint density at radius 3 is 2.53 bits per heavy atom. The summed E-state index contributed by atoms with van der Waals surface area (Å²) in [4.78, 5) is 4.20. The van der Waals surface area contributed by atoms with Gasteiger partial charge in [0.15, 0.2) is 5.96 Å². The summed E-state index contributed by atoms with van der Waals surface area (Å²) < 4.78 is 5.49. The van der Waals surface area contributed by atoms with E-state index in [0.717, 1.165) is 30.6 Å². The third-order valence-electron chi connectivity index (χ3n) is 2.89. The highest BCUT2D eigenvalue weighted by Crippen LogP contribution is 2.12. The predicted molar refractivity (Wildman–Crippen MR) is 91.3 cm³/mol. The predicted octanol–water partition coefficient (Wildman–Crippen LogP) is 3.37. The molecule has 1 aromatic heterocycles. The van der Waals surface area contributed by atoms with E-state index in [0.29, 0.717) is 0 Å². The molecule has 2 N–H and O–H groups in total. The summed E-state index contributed by atoms with van der Waals surface area (Å²) in [5, 5.41) is 6.60. The van der Waals surface area contributed by atoms with Gasteiger partial charge in [0.25, 0.3) is 0 Å². The molecular weight excluding hydrogens is 353 g/mol. The maximum Gasteiger partial charge on any atom is 0.191 e. The van der Waals surface area contributed by atoms with E-state index in [1.807, 2.05) is 13.8 Å². The maximum absolute atomic E-state index is 5.49. The molecule has 110 valence electrons. The minimum Gasteiger partial charge on any atom is -0.466 e. The Hall–Kier alpha value is -0.720. The van der Waals surface area contributed by atoms with E-state index < -0.39 is 0 Å². The average molecular weight is 379 g/mol. The molecule has 0 unspecified atom stereocenters. The summed E-state index contributed by atoms with van der Waals surface area (Å²) >= 11 is 0. The van der Waals surface area contributed by atoms with Crippen LogP contribution in [0.3, 0.4) is 0 Å². The van der Waals surface area contributed by atoms with Gasteiger partial charge in [0.2, 0.25) is 0 Å². The van der Waals surface area contributed by atoms with Gasteiger partial charge >= 0.3 is 0 Å². The van der Waals surface area contributed by atoms with Crippen molar-refractivity contribution in [3.8, 4) is 0 Å². The second-order valence-corrected chi connectivity index (χ2v) is 4.50. The molecule has 5 heteroatoms. The number of hydrogen-bond acceptors (Lipinski definition) is 2. The number of nitrogens with zero attached hydrogens (tertiary/aromatic N) is 1. The van der Waals surface area contributed by atoms with Crippen LogP contribution in [0.2, 0.25) is 0 Å². The molecule has 0 aromatic carbocycles. The standard InChI is InChI=1S/C14H25N3O.HI/c1-5-6-7-8-16-14(15-4)17-10-13-9-11(2)18-12(13)3;/h9H,5-8,10H2,1-4H3,(H2,15,16,17);1H. The number of hydrogen-bond donors (Lipinski definition) is 2. The van der Waals surface area contributed by atoms with Crippen LogP contribution >= 0.6 is 24.0 Å². The zero-order valence-corrected chi connectivity index (χ0v) is 14.7. The molecule has 0 bridgehead atoms. The van der Waals surface area contributed by atoms with Gasteiger partial charge in [0.1, 0.15) is 11.5 Å². The molecule has 0 aliphatic heterocycles. The van der Waals surface area contributed by atoms with Crippen LogP contribution in [0.1, 0.15) is 43.3 Å². The van der Waals surface area contributed by atoms with E-state index in [2.05, 4.69) is 28.6 Å². The van der Waals surface area contributed by atoms with E-state index in [9.17, 15) is 0 Å². The number of halogens is 1. The molecule has 0 saturated heterocycles. The van der Waals surface area contributed by atoms with Gasteiger partial charge in [0.05, 0.1) is 0 Å². The molecule has 0 fully saturated rings. The van der Waals surface area contributed by atoms with E-state index in [1.165, 1.54) is 24.8 Å².